The zero-order chi connectivity index (χ0) is 27.1. The molecule has 5 nitrogen and oxygen atoms in total. The second kappa shape index (κ2) is 10.2. The molecule has 1 aromatic heterocycles. The molecule has 0 radical (unpaired) electrons. The van der Waals surface area contributed by atoms with Gasteiger partial charge < -0.3 is 14.9 Å². The molecule has 0 spiro atoms. The van der Waals surface area contributed by atoms with Crippen LogP contribution in [0.4, 0.5) is 13.2 Å². The first-order valence-electron chi connectivity index (χ1n) is 12.7. The van der Waals surface area contributed by atoms with Crippen LogP contribution in [0, 0.1) is 16.7 Å². The molecule has 0 bridgehead atoms. The Morgan fingerprint density at radius 1 is 1.30 bits per heavy atom. The maximum atomic E-state index is 13.4. The summed E-state index contributed by atoms with van der Waals surface area (Å²) in [6.07, 6.45) is -2.20. The van der Waals surface area contributed by atoms with Gasteiger partial charge >= 0.3 is 6.18 Å². The van der Waals surface area contributed by atoms with Crippen LogP contribution in [0.2, 0.25) is 0 Å². The highest BCUT2D eigenvalue weighted by Gasteiger charge is 2.40. The van der Waals surface area contributed by atoms with E-state index in [4.69, 9.17) is 9.72 Å². The number of nitriles is 1. The third kappa shape index (κ3) is 5.18. The summed E-state index contributed by atoms with van der Waals surface area (Å²) < 4.78 is 45.8. The van der Waals surface area contributed by atoms with E-state index in [-0.39, 0.29) is 16.9 Å². The molecule has 0 amide bonds. The van der Waals surface area contributed by atoms with Crippen molar-refractivity contribution in [3.63, 3.8) is 0 Å². The van der Waals surface area contributed by atoms with Crippen molar-refractivity contribution in [2.45, 2.75) is 77.7 Å². The van der Waals surface area contributed by atoms with Gasteiger partial charge in [-0.2, -0.15) is 18.4 Å². The summed E-state index contributed by atoms with van der Waals surface area (Å²) in [7, 11) is 0. The van der Waals surface area contributed by atoms with Crippen LogP contribution < -0.4 is 0 Å². The quantitative estimate of drug-likeness (QED) is 0.484. The molecule has 2 aromatic rings. The standard InChI is InChI=1S/C29H33F3N2O3/c1-5-28(4)13-21-24(22(35)14-28)23(17-8-10-37-11-9-17)25(26(34-21)16(2)3)27(36)18-6-7-20(29(30,31)32)19(12-18)15-33/h6-8,12,16,22,27,35-36H,5,9-11,13-14H2,1-4H3. The molecule has 3 unspecified atom stereocenters. The molecule has 2 heterocycles. The lowest BCUT2D eigenvalue weighted by atomic mass is 9.69. The van der Waals surface area contributed by atoms with Gasteiger partial charge in [-0.05, 0) is 59.4 Å². The molecule has 1 aromatic carbocycles. The highest BCUT2D eigenvalue weighted by atomic mass is 19.4. The van der Waals surface area contributed by atoms with E-state index in [0.29, 0.717) is 54.9 Å². The van der Waals surface area contributed by atoms with Crippen LogP contribution in [0.15, 0.2) is 24.3 Å². The van der Waals surface area contributed by atoms with Gasteiger partial charge in [0.1, 0.15) is 6.10 Å². The van der Waals surface area contributed by atoms with Crippen molar-refractivity contribution in [3.05, 3.63) is 69.0 Å². The number of hydrogen-bond donors (Lipinski definition) is 2. The van der Waals surface area contributed by atoms with E-state index in [1.54, 1.807) is 6.07 Å². The summed E-state index contributed by atoms with van der Waals surface area (Å²) in [5.41, 5.74) is 2.70. The number of hydrogen-bond acceptors (Lipinski definition) is 5. The third-order valence-electron chi connectivity index (χ3n) is 7.74. The van der Waals surface area contributed by atoms with E-state index >= 15 is 0 Å². The third-order valence-corrected chi connectivity index (χ3v) is 7.74. The van der Waals surface area contributed by atoms with E-state index < -0.39 is 29.5 Å². The number of alkyl halides is 3. The fourth-order valence-electron chi connectivity index (χ4n) is 5.55. The van der Waals surface area contributed by atoms with Gasteiger partial charge in [0.15, 0.2) is 0 Å². The maximum absolute atomic E-state index is 13.4. The molecular formula is C29H33F3N2O3. The molecule has 1 aliphatic carbocycles. The summed E-state index contributed by atoms with van der Waals surface area (Å²) in [5, 5.41) is 32.5. The fourth-order valence-corrected chi connectivity index (χ4v) is 5.55. The number of fused-ring (bicyclic) bond motifs is 1. The van der Waals surface area contributed by atoms with Crippen LogP contribution in [0.25, 0.3) is 5.57 Å². The molecule has 0 saturated heterocycles. The van der Waals surface area contributed by atoms with Crippen molar-refractivity contribution < 1.29 is 28.1 Å². The minimum absolute atomic E-state index is 0.106. The van der Waals surface area contributed by atoms with E-state index in [1.807, 2.05) is 19.9 Å². The Hall–Kier alpha value is -2.73. The largest absolute Gasteiger partial charge is 0.417 e. The molecule has 0 fully saturated rings. The number of benzene rings is 1. The lowest BCUT2D eigenvalue weighted by Crippen LogP contribution is -2.31. The monoisotopic (exact) mass is 514 g/mol. The molecule has 8 heteroatoms. The molecule has 2 aliphatic rings. The Morgan fingerprint density at radius 3 is 2.59 bits per heavy atom. The van der Waals surface area contributed by atoms with Crippen LogP contribution >= 0.6 is 0 Å². The SMILES string of the molecule is CCC1(C)Cc2nc(C(C)C)c(C(O)c3ccc(C(F)(F)F)c(C#N)c3)c(C3=CCOCC3)c2C(O)C1. The maximum Gasteiger partial charge on any atom is 0.417 e. The number of nitrogens with zero attached hydrogens (tertiary/aromatic N) is 2. The van der Waals surface area contributed by atoms with Crippen molar-refractivity contribution in [1.82, 2.24) is 4.98 Å². The lowest BCUT2D eigenvalue weighted by molar-refractivity contribution is -0.137. The highest BCUT2D eigenvalue weighted by Crippen LogP contribution is 2.49. The first-order valence-corrected chi connectivity index (χ1v) is 12.7. The second-order valence-electron chi connectivity index (χ2n) is 10.7. The minimum Gasteiger partial charge on any atom is -0.388 e. The summed E-state index contributed by atoms with van der Waals surface area (Å²) in [6, 6.07) is 4.78. The average Bonchev–Trinajstić information content (AvgIpc) is 2.86. The Bertz CT molecular complexity index is 1260. The zero-order valence-electron chi connectivity index (χ0n) is 21.6. The Morgan fingerprint density at radius 2 is 2.03 bits per heavy atom. The van der Waals surface area contributed by atoms with Gasteiger partial charge in [-0.3, -0.25) is 4.98 Å². The van der Waals surface area contributed by atoms with Crippen molar-refractivity contribution >= 4 is 5.57 Å². The molecule has 0 saturated carbocycles. The Balaban J connectivity index is 2.00. The van der Waals surface area contributed by atoms with Crippen molar-refractivity contribution in [1.29, 1.82) is 5.26 Å². The van der Waals surface area contributed by atoms with Gasteiger partial charge in [0.2, 0.25) is 0 Å². The predicted molar refractivity (Wildman–Crippen MR) is 134 cm³/mol. The van der Waals surface area contributed by atoms with Crippen molar-refractivity contribution in [2.75, 3.05) is 13.2 Å². The molecule has 4 rings (SSSR count). The van der Waals surface area contributed by atoms with Crippen LogP contribution in [-0.2, 0) is 17.3 Å². The molecule has 198 valence electrons. The van der Waals surface area contributed by atoms with Crippen molar-refractivity contribution in [2.24, 2.45) is 5.41 Å². The number of pyridine rings is 1. The lowest BCUT2D eigenvalue weighted by Gasteiger charge is -2.39. The van der Waals surface area contributed by atoms with Crippen LogP contribution in [0.5, 0.6) is 0 Å². The van der Waals surface area contributed by atoms with E-state index in [0.717, 1.165) is 29.8 Å². The smallest absolute Gasteiger partial charge is 0.388 e. The van der Waals surface area contributed by atoms with Gasteiger partial charge in [0.25, 0.3) is 0 Å². The summed E-state index contributed by atoms with van der Waals surface area (Å²) in [5.74, 6) is -0.106. The molecule has 37 heavy (non-hydrogen) atoms. The van der Waals surface area contributed by atoms with Gasteiger partial charge in [-0.15, -0.1) is 0 Å². The topological polar surface area (TPSA) is 86.4 Å². The van der Waals surface area contributed by atoms with Crippen molar-refractivity contribution in [3.8, 4) is 6.07 Å². The normalized spacial score (nSPS) is 22.8. The van der Waals surface area contributed by atoms with E-state index in [2.05, 4.69) is 13.8 Å². The molecule has 1 aliphatic heterocycles. The van der Waals surface area contributed by atoms with Crippen LogP contribution in [-0.4, -0.2) is 28.4 Å². The van der Waals surface area contributed by atoms with Gasteiger partial charge in [-0.1, -0.05) is 46.3 Å². The van der Waals surface area contributed by atoms with E-state index in [9.17, 15) is 28.6 Å². The minimum atomic E-state index is -4.68. The summed E-state index contributed by atoms with van der Waals surface area (Å²) in [6.45, 7) is 9.02. The second-order valence-corrected chi connectivity index (χ2v) is 10.7. The van der Waals surface area contributed by atoms with Gasteiger partial charge in [0, 0.05) is 22.5 Å². The van der Waals surface area contributed by atoms with E-state index in [1.165, 1.54) is 6.07 Å². The number of halogens is 3. The van der Waals surface area contributed by atoms with Crippen LogP contribution in [0.3, 0.4) is 0 Å². The van der Waals surface area contributed by atoms with Gasteiger partial charge in [-0.25, -0.2) is 0 Å². The zero-order valence-corrected chi connectivity index (χ0v) is 21.6. The first-order chi connectivity index (χ1) is 17.4. The molecule has 3 atom stereocenters. The summed E-state index contributed by atoms with van der Waals surface area (Å²) >= 11 is 0. The first kappa shape index (κ1) is 27.3. The fraction of sp³-hybridized carbons (Fsp3) is 0.517. The molecule has 2 N–H and O–H groups in total. The Kier molecular flexibility index (Phi) is 7.53. The summed E-state index contributed by atoms with van der Waals surface area (Å²) in [4.78, 5) is 4.98. The number of aromatic nitrogens is 1. The molecular weight excluding hydrogens is 481 g/mol. The number of ether oxygens (including phenoxy) is 1. The number of aliphatic hydroxyl groups excluding tert-OH is 2. The predicted octanol–water partition coefficient (Wildman–Crippen LogP) is 6.38. The Labute approximate surface area is 215 Å². The number of rotatable bonds is 5. The highest BCUT2D eigenvalue weighted by molar-refractivity contribution is 5.75. The number of aliphatic hydroxyl groups is 2. The van der Waals surface area contributed by atoms with Gasteiger partial charge in [0.05, 0.1) is 36.5 Å². The average molecular weight is 515 g/mol. The van der Waals surface area contributed by atoms with Crippen LogP contribution in [0.1, 0.15) is 110 Å².